The summed E-state index contributed by atoms with van der Waals surface area (Å²) in [5, 5.41) is 0.538. The van der Waals surface area contributed by atoms with Crippen molar-refractivity contribution in [3.05, 3.63) is 29.0 Å². The summed E-state index contributed by atoms with van der Waals surface area (Å²) in [6, 6.07) is 3.28. The fraction of sp³-hybridized carbons (Fsp3) is 0.333. The second kappa shape index (κ2) is 4.23. The molecule has 1 heterocycles. The van der Waals surface area contributed by atoms with Gasteiger partial charge in [-0.05, 0) is 19.1 Å². The third kappa shape index (κ3) is 2.42. The van der Waals surface area contributed by atoms with Gasteiger partial charge in [0.15, 0.2) is 0 Å². The highest BCUT2D eigenvalue weighted by molar-refractivity contribution is 6.30. The standard InChI is InChI=1S/C9H11ClN2O/c1-3-12(2)9(13)8-5-4-7(10)6-11-8/h4-6H,3H2,1-2H3. The number of rotatable bonds is 2. The van der Waals surface area contributed by atoms with Crippen LogP contribution in [-0.2, 0) is 0 Å². The Labute approximate surface area is 82.3 Å². The fourth-order valence-corrected chi connectivity index (χ4v) is 0.953. The first-order chi connectivity index (χ1) is 6.15. The van der Waals surface area contributed by atoms with Gasteiger partial charge in [0.25, 0.3) is 5.91 Å². The van der Waals surface area contributed by atoms with Gasteiger partial charge >= 0.3 is 0 Å². The smallest absolute Gasteiger partial charge is 0.272 e. The molecule has 1 amide bonds. The van der Waals surface area contributed by atoms with Crippen molar-refractivity contribution in [3.63, 3.8) is 0 Å². The van der Waals surface area contributed by atoms with Gasteiger partial charge in [0.05, 0.1) is 5.02 Å². The van der Waals surface area contributed by atoms with Crippen molar-refractivity contribution in [2.24, 2.45) is 0 Å². The topological polar surface area (TPSA) is 33.2 Å². The van der Waals surface area contributed by atoms with Crippen molar-refractivity contribution >= 4 is 17.5 Å². The van der Waals surface area contributed by atoms with Gasteiger partial charge in [-0.15, -0.1) is 0 Å². The molecule has 3 nitrogen and oxygen atoms in total. The van der Waals surface area contributed by atoms with E-state index in [1.54, 1.807) is 24.1 Å². The van der Waals surface area contributed by atoms with E-state index in [4.69, 9.17) is 11.6 Å². The summed E-state index contributed by atoms with van der Waals surface area (Å²) in [6.07, 6.45) is 1.47. The lowest BCUT2D eigenvalue weighted by molar-refractivity contribution is 0.0796. The number of amides is 1. The average molecular weight is 199 g/mol. The molecular weight excluding hydrogens is 188 g/mol. The maximum absolute atomic E-state index is 11.5. The van der Waals surface area contributed by atoms with Crippen LogP contribution in [0.2, 0.25) is 5.02 Å². The van der Waals surface area contributed by atoms with Crippen LogP contribution in [0, 0.1) is 0 Å². The Morgan fingerprint density at radius 3 is 2.77 bits per heavy atom. The molecular formula is C9H11ClN2O. The van der Waals surface area contributed by atoms with Gasteiger partial charge in [0.2, 0.25) is 0 Å². The predicted octanol–water partition coefficient (Wildman–Crippen LogP) is 1.83. The molecule has 0 fully saturated rings. The first kappa shape index (κ1) is 9.99. The Balaban J connectivity index is 2.83. The number of carbonyl (C=O) groups excluding carboxylic acids is 1. The van der Waals surface area contributed by atoms with Gasteiger partial charge in [-0.3, -0.25) is 4.79 Å². The van der Waals surface area contributed by atoms with E-state index in [-0.39, 0.29) is 5.91 Å². The highest BCUT2D eigenvalue weighted by Gasteiger charge is 2.10. The molecule has 0 radical (unpaired) electrons. The minimum Gasteiger partial charge on any atom is -0.341 e. The van der Waals surface area contributed by atoms with E-state index in [9.17, 15) is 4.79 Å². The summed E-state index contributed by atoms with van der Waals surface area (Å²) in [5.74, 6) is -0.0841. The van der Waals surface area contributed by atoms with E-state index < -0.39 is 0 Å². The molecule has 0 saturated heterocycles. The molecule has 1 aromatic heterocycles. The summed E-state index contributed by atoms with van der Waals surface area (Å²) >= 11 is 5.64. The van der Waals surface area contributed by atoms with E-state index in [0.717, 1.165) is 0 Å². The molecule has 1 aromatic rings. The van der Waals surface area contributed by atoms with Gasteiger partial charge in [-0.25, -0.2) is 4.98 Å². The zero-order chi connectivity index (χ0) is 9.84. The van der Waals surface area contributed by atoms with E-state index in [2.05, 4.69) is 4.98 Å². The minimum absolute atomic E-state index is 0.0841. The molecule has 13 heavy (non-hydrogen) atoms. The number of carbonyl (C=O) groups is 1. The van der Waals surface area contributed by atoms with Crippen LogP contribution in [0.25, 0.3) is 0 Å². The Kier molecular flexibility index (Phi) is 3.25. The molecule has 0 saturated carbocycles. The number of hydrogen-bond donors (Lipinski definition) is 0. The lowest BCUT2D eigenvalue weighted by Gasteiger charge is -2.13. The predicted molar refractivity (Wildman–Crippen MR) is 51.9 cm³/mol. The first-order valence-corrected chi connectivity index (χ1v) is 4.40. The number of pyridine rings is 1. The summed E-state index contributed by atoms with van der Waals surface area (Å²) in [5.41, 5.74) is 0.425. The van der Waals surface area contributed by atoms with Crippen LogP contribution in [0.5, 0.6) is 0 Å². The van der Waals surface area contributed by atoms with Gasteiger partial charge in [-0.1, -0.05) is 11.6 Å². The molecule has 0 N–H and O–H groups in total. The van der Waals surface area contributed by atoms with Crippen LogP contribution in [0.3, 0.4) is 0 Å². The quantitative estimate of drug-likeness (QED) is 0.727. The second-order valence-corrected chi connectivity index (χ2v) is 3.12. The van der Waals surface area contributed by atoms with E-state index in [0.29, 0.717) is 17.3 Å². The SMILES string of the molecule is CCN(C)C(=O)c1ccc(Cl)cn1. The molecule has 1 rings (SSSR count). The molecule has 0 spiro atoms. The van der Waals surface area contributed by atoms with Crippen molar-refractivity contribution in [1.29, 1.82) is 0 Å². The molecule has 0 unspecified atom stereocenters. The molecule has 0 atom stereocenters. The number of nitrogens with zero attached hydrogens (tertiary/aromatic N) is 2. The maximum Gasteiger partial charge on any atom is 0.272 e. The molecule has 4 heteroatoms. The van der Waals surface area contributed by atoms with E-state index >= 15 is 0 Å². The summed E-state index contributed by atoms with van der Waals surface area (Å²) < 4.78 is 0. The van der Waals surface area contributed by atoms with E-state index in [1.165, 1.54) is 6.20 Å². The largest absolute Gasteiger partial charge is 0.341 e. The van der Waals surface area contributed by atoms with Crippen molar-refractivity contribution in [3.8, 4) is 0 Å². The maximum atomic E-state index is 11.5. The Hall–Kier alpha value is -1.09. The molecule has 70 valence electrons. The molecule has 0 aliphatic heterocycles. The van der Waals surface area contributed by atoms with Gasteiger partial charge in [0.1, 0.15) is 5.69 Å². The first-order valence-electron chi connectivity index (χ1n) is 4.02. The van der Waals surface area contributed by atoms with Gasteiger partial charge in [-0.2, -0.15) is 0 Å². The monoisotopic (exact) mass is 198 g/mol. The zero-order valence-corrected chi connectivity index (χ0v) is 8.38. The average Bonchev–Trinajstić information content (AvgIpc) is 2.17. The lowest BCUT2D eigenvalue weighted by atomic mass is 10.3. The van der Waals surface area contributed by atoms with Gasteiger partial charge < -0.3 is 4.90 Å². The molecule has 0 aromatic carbocycles. The third-order valence-corrected chi connectivity index (χ3v) is 1.99. The van der Waals surface area contributed by atoms with Gasteiger partial charge in [0, 0.05) is 19.8 Å². The molecule has 0 aliphatic rings. The van der Waals surface area contributed by atoms with Crippen LogP contribution >= 0.6 is 11.6 Å². The van der Waals surface area contributed by atoms with Crippen molar-refractivity contribution < 1.29 is 4.79 Å². The fourth-order valence-electron chi connectivity index (χ4n) is 0.841. The van der Waals surface area contributed by atoms with Crippen molar-refractivity contribution in [1.82, 2.24) is 9.88 Å². The van der Waals surface area contributed by atoms with Crippen molar-refractivity contribution in [2.45, 2.75) is 6.92 Å². The van der Waals surface area contributed by atoms with Crippen LogP contribution in [0.15, 0.2) is 18.3 Å². The highest BCUT2D eigenvalue weighted by atomic mass is 35.5. The number of halogens is 1. The third-order valence-electron chi connectivity index (χ3n) is 1.77. The normalized spacial score (nSPS) is 9.77. The van der Waals surface area contributed by atoms with Crippen LogP contribution in [0.4, 0.5) is 0 Å². The van der Waals surface area contributed by atoms with Crippen LogP contribution in [0.1, 0.15) is 17.4 Å². The zero-order valence-electron chi connectivity index (χ0n) is 7.62. The van der Waals surface area contributed by atoms with Crippen LogP contribution in [-0.4, -0.2) is 29.4 Å². The number of aromatic nitrogens is 1. The van der Waals surface area contributed by atoms with Crippen molar-refractivity contribution in [2.75, 3.05) is 13.6 Å². The van der Waals surface area contributed by atoms with E-state index in [1.807, 2.05) is 6.92 Å². The Morgan fingerprint density at radius 1 is 1.62 bits per heavy atom. The Morgan fingerprint density at radius 2 is 2.31 bits per heavy atom. The lowest BCUT2D eigenvalue weighted by Crippen LogP contribution is -2.26. The summed E-state index contributed by atoms with van der Waals surface area (Å²) in [6.45, 7) is 2.58. The minimum atomic E-state index is -0.0841. The Bertz CT molecular complexity index is 297. The number of hydrogen-bond acceptors (Lipinski definition) is 2. The second-order valence-electron chi connectivity index (χ2n) is 2.68. The van der Waals surface area contributed by atoms with Crippen LogP contribution < -0.4 is 0 Å². The molecule has 0 aliphatic carbocycles. The summed E-state index contributed by atoms with van der Waals surface area (Å²) in [4.78, 5) is 17.0. The summed E-state index contributed by atoms with van der Waals surface area (Å²) in [7, 11) is 1.73. The molecule has 0 bridgehead atoms. The highest BCUT2D eigenvalue weighted by Crippen LogP contribution is 2.07.